The smallest absolute Gasteiger partial charge is 0.169 e. The Morgan fingerprint density at radius 1 is 0.944 bits per heavy atom. The second-order valence-electron chi connectivity index (χ2n) is 3.76. The number of halogens is 1. The zero-order valence-corrected chi connectivity index (χ0v) is 11.8. The minimum absolute atomic E-state index is 0.628. The molecule has 0 saturated heterocycles. The van der Waals surface area contributed by atoms with E-state index in [4.69, 9.17) is 9.47 Å². The predicted molar refractivity (Wildman–Crippen MR) is 76.8 cm³/mol. The topological polar surface area (TPSA) is 18.5 Å². The zero-order valence-electron chi connectivity index (χ0n) is 10.2. The van der Waals surface area contributed by atoms with Crippen LogP contribution < -0.4 is 9.47 Å². The van der Waals surface area contributed by atoms with E-state index in [1.165, 1.54) is 5.56 Å². The van der Waals surface area contributed by atoms with Crippen LogP contribution >= 0.6 is 15.9 Å². The first-order valence-electron chi connectivity index (χ1n) is 5.88. The van der Waals surface area contributed by atoms with Crippen LogP contribution in [0.1, 0.15) is 12.5 Å². The van der Waals surface area contributed by atoms with Crippen LogP contribution in [0.3, 0.4) is 0 Å². The number of rotatable bonds is 5. The van der Waals surface area contributed by atoms with Gasteiger partial charge in [-0.25, -0.2) is 0 Å². The van der Waals surface area contributed by atoms with Crippen LogP contribution in [0, 0.1) is 0 Å². The molecule has 94 valence electrons. The molecule has 2 nitrogen and oxygen atoms in total. The van der Waals surface area contributed by atoms with Crippen molar-refractivity contribution in [2.24, 2.45) is 0 Å². The molecule has 0 bridgehead atoms. The van der Waals surface area contributed by atoms with Gasteiger partial charge >= 0.3 is 0 Å². The Morgan fingerprint density at radius 3 is 2.22 bits per heavy atom. The lowest BCUT2D eigenvalue weighted by Crippen LogP contribution is -1.94. The molecule has 0 atom stereocenters. The van der Waals surface area contributed by atoms with E-state index >= 15 is 0 Å². The summed E-state index contributed by atoms with van der Waals surface area (Å²) in [4.78, 5) is 0. The third kappa shape index (κ3) is 3.26. The van der Waals surface area contributed by atoms with Crippen molar-refractivity contribution in [2.45, 2.75) is 12.3 Å². The van der Waals surface area contributed by atoms with Crippen LogP contribution in [0.5, 0.6) is 17.2 Å². The predicted octanol–water partition coefficient (Wildman–Crippen LogP) is 4.77. The lowest BCUT2D eigenvalue weighted by Gasteiger charge is -2.11. The molecule has 3 heteroatoms. The van der Waals surface area contributed by atoms with Crippen LogP contribution in [0.2, 0.25) is 0 Å². The summed E-state index contributed by atoms with van der Waals surface area (Å²) in [6.07, 6.45) is 0. The van der Waals surface area contributed by atoms with Crippen LogP contribution in [0.15, 0.2) is 48.5 Å². The van der Waals surface area contributed by atoms with Gasteiger partial charge in [-0.1, -0.05) is 40.2 Å². The van der Waals surface area contributed by atoms with E-state index in [0.29, 0.717) is 6.61 Å². The second kappa shape index (κ2) is 6.45. The van der Waals surface area contributed by atoms with E-state index in [1.807, 2.05) is 55.5 Å². The Balaban J connectivity index is 2.17. The Bertz CT molecular complexity index is 494. The Morgan fingerprint density at radius 2 is 1.61 bits per heavy atom. The molecule has 0 saturated carbocycles. The van der Waals surface area contributed by atoms with Gasteiger partial charge in [-0.15, -0.1) is 0 Å². The van der Waals surface area contributed by atoms with Gasteiger partial charge in [0.25, 0.3) is 0 Å². The molecule has 0 aliphatic heterocycles. The van der Waals surface area contributed by atoms with Gasteiger partial charge in [-0.3, -0.25) is 0 Å². The molecular weight excluding hydrogens is 292 g/mol. The molecule has 2 aromatic carbocycles. The summed E-state index contributed by atoms with van der Waals surface area (Å²) in [7, 11) is 0. The highest BCUT2D eigenvalue weighted by Gasteiger charge is 2.04. The highest BCUT2D eigenvalue weighted by Crippen LogP contribution is 2.31. The average Bonchev–Trinajstić information content (AvgIpc) is 2.42. The molecule has 0 amide bonds. The van der Waals surface area contributed by atoms with Crippen molar-refractivity contribution in [3.8, 4) is 17.2 Å². The van der Waals surface area contributed by atoms with E-state index in [0.717, 1.165) is 22.6 Å². The number of ether oxygens (including phenoxy) is 2. The summed E-state index contributed by atoms with van der Waals surface area (Å²) < 4.78 is 11.3. The minimum Gasteiger partial charge on any atom is -0.490 e. The van der Waals surface area contributed by atoms with E-state index < -0.39 is 0 Å². The largest absolute Gasteiger partial charge is 0.490 e. The Hall–Kier alpha value is -1.48. The quantitative estimate of drug-likeness (QED) is 0.741. The first-order chi connectivity index (χ1) is 8.83. The molecule has 0 aliphatic carbocycles. The van der Waals surface area contributed by atoms with Crippen molar-refractivity contribution < 1.29 is 9.47 Å². The van der Waals surface area contributed by atoms with Gasteiger partial charge in [0, 0.05) is 5.33 Å². The molecule has 2 rings (SSSR count). The van der Waals surface area contributed by atoms with Crippen molar-refractivity contribution in [1.82, 2.24) is 0 Å². The first kappa shape index (κ1) is 13.0. The number of hydrogen-bond donors (Lipinski definition) is 0. The number of alkyl halides is 1. The highest BCUT2D eigenvalue weighted by atomic mass is 79.9. The van der Waals surface area contributed by atoms with Gasteiger partial charge in [0.2, 0.25) is 0 Å². The van der Waals surface area contributed by atoms with Gasteiger partial charge in [-0.05, 0) is 36.8 Å². The number of hydrogen-bond acceptors (Lipinski definition) is 2. The van der Waals surface area contributed by atoms with Crippen LogP contribution in [-0.4, -0.2) is 6.61 Å². The third-order valence-corrected chi connectivity index (χ3v) is 3.10. The van der Waals surface area contributed by atoms with Crippen molar-refractivity contribution in [3.63, 3.8) is 0 Å². The number of para-hydroxylation sites is 2. The van der Waals surface area contributed by atoms with Crippen molar-refractivity contribution in [3.05, 3.63) is 54.1 Å². The lowest BCUT2D eigenvalue weighted by atomic mass is 10.2. The van der Waals surface area contributed by atoms with E-state index in [2.05, 4.69) is 15.9 Å². The van der Waals surface area contributed by atoms with Crippen molar-refractivity contribution in [2.75, 3.05) is 6.61 Å². The molecule has 0 heterocycles. The molecule has 0 spiro atoms. The fraction of sp³-hybridized carbons (Fsp3) is 0.200. The van der Waals surface area contributed by atoms with Gasteiger partial charge in [0.15, 0.2) is 11.5 Å². The average molecular weight is 307 g/mol. The summed E-state index contributed by atoms with van der Waals surface area (Å²) in [5.74, 6) is 2.32. The molecule has 0 radical (unpaired) electrons. The van der Waals surface area contributed by atoms with Crippen LogP contribution in [-0.2, 0) is 5.33 Å². The summed E-state index contributed by atoms with van der Waals surface area (Å²) in [6.45, 7) is 2.59. The maximum atomic E-state index is 5.82. The molecular formula is C15H15BrO2. The normalized spacial score (nSPS) is 10.1. The summed E-state index contributed by atoms with van der Waals surface area (Å²) in [5, 5.41) is 0.850. The molecule has 0 fully saturated rings. The number of benzene rings is 2. The first-order valence-corrected chi connectivity index (χ1v) is 7.00. The summed E-state index contributed by atoms with van der Waals surface area (Å²) >= 11 is 3.42. The molecule has 0 N–H and O–H groups in total. The third-order valence-electron chi connectivity index (χ3n) is 2.45. The van der Waals surface area contributed by atoms with Crippen LogP contribution in [0.4, 0.5) is 0 Å². The van der Waals surface area contributed by atoms with Gasteiger partial charge in [0.1, 0.15) is 5.75 Å². The van der Waals surface area contributed by atoms with E-state index in [-0.39, 0.29) is 0 Å². The van der Waals surface area contributed by atoms with Crippen molar-refractivity contribution in [1.29, 1.82) is 0 Å². The second-order valence-corrected chi connectivity index (χ2v) is 4.32. The van der Waals surface area contributed by atoms with Gasteiger partial charge in [-0.2, -0.15) is 0 Å². The Kier molecular flexibility index (Phi) is 4.65. The Labute approximate surface area is 116 Å². The molecule has 0 aromatic heterocycles. The summed E-state index contributed by atoms with van der Waals surface area (Å²) in [6, 6.07) is 15.7. The minimum atomic E-state index is 0.628. The van der Waals surface area contributed by atoms with Gasteiger partial charge in [0.05, 0.1) is 6.61 Å². The van der Waals surface area contributed by atoms with E-state index in [1.54, 1.807) is 0 Å². The van der Waals surface area contributed by atoms with Gasteiger partial charge < -0.3 is 9.47 Å². The van der Waals surface area contributed by atoms with E-state index in [9.17, 15) is 0 Å². The molecule has 0 unspecified atom stereocenters. The summed E-state index contributed by atoms with van der Waals surface area (Å²) in [5.41, 5.74) is 1.22. The fourth-order valence-corrected chi connectivity index (χ4v) is 1.96. The highest BCUT2D eigenvalue weighted by molar-refractivity contribution is 9.08. The maximum Gasteiger partial charge on any atom is 0.169 e. The SMILES string of the molecule is CCOc1ccccc1Oc1ccc(CBr)cc1. The molecule has 2 aromatic rings. The molecule has 18 heavy (non-hydrogen) atoms. The zero-order chi connectivity index (χ0) is 12.8. The lowest BCUT2D eigenvalue weighted by molar-refractivity contribution is 0.321. The fourth-order valence-electron chi connectivity index (χ4n) is 1.58. The standard InChI is InChI=1S/C15H15BrO2/c1-2-17-14-5-3-4-6-15(14)18-13-9-7-12(11-16)8-10-13/h3-10H,2,11H2,1H3. The maximum absolute atomic E-state index is 5.82. The van der Waals surface area contributed by atoms with Crippen LogP contribution in [0.25, 0.3) is 0 Å². The molecule has 0 aliphatic rings. The van der Waals surface area contributed by atoms with Crippen molar-refractivity contribution >= 4 is 15.9 Å². The monoisotopic (exact) mass is 306 g/mol.